The molecule has 0 aromatic heterocycles. The Kier molecular flexibility index (Phi) is 9.99. The highest BCUT2D eigenvalue weighted by Gasteiger charge is 2.76. The number of aliphatic hydroxyl groups excluding tert-OH is 1. The van der Waals surface area contributed by atoms with Crippen molar-refractivity contribution >= 4 is 29.6 Å². The molecule has 0 aliphatic carbocycles. The van der Waals surface area contributed by atoms with Crippen molar-refractivity contribution in [2.45, 2.75) is 36.6 Å². The van der Waals surface area contributed by atoms with Crippen molar-refractivity contribution in [1.29, 1.82) is 0 Å². The van der Waals surface area contributed by atoms with Gasteiger partial charge in [0.25, 0.3) is 0 Å². The van der Waals surface area contributed by atoms with Gasteiger partial charge in [0.2, 0.25) is 5.91 Å². The molecule has 5 aromatic carbocycles. The number of aliphatic carboxylic acids is 1. The molecule has 8 rings (SSSR count). The zero-order valence-electron chi connectivity index (χ0n) is 31.3. The van der Waals surface area contributed by atoms with Crippen LogP contribution in [0.3, 0.4) is 0 Å². The standard InChI is InChI=1S/C45H41N3O9/c1-3-46-44(54)47-35-23-18-31(27-14-19-32(55-2)20-15-27)26-34(35)45(43(47)53)36(41(50)51)38-42(52)57-39(29-12-8-5-9-13-29)37(28-10-6-4-7-11-28)48(38)40(45)30-16-21-33(22-17-30)56-25-24-49/h4-23,26,36-40,49H,3,24-25H2,1-2H3,(H,46,54)(H,50,51)/t36-,37-,38-,39+,40+,45-/m1/s1. The van der Waals surface area contributed by atoms with Crippen molar-refractivity contribution in [3.8, 4) is 22.6 Å². The second kappa shape index (κ2) is 15.2. The molecule has 12 heteroatoms. The van der Waals surface area contributed by atoms with Gasteiger partial charge in [-0.3, -0.25) is 19.3 Å². The van der Waals surface area contributed by atoms with Gasteiger partial charge in [0, 0.05) is 6.54 Å². The summed E-state index contributed by atoms with van der Waals surface area (Å²) in [6.07, 6.45) is -0.905. The molecule has 3 N–H and O–H groups in total. The van der Waals surface area contributed by atoms with E-state index in [1.165, 1.54) is 0 Å². The molecule has 0 saturated carbocycles. The molecule has 290 valence electrons. The van der Waals surface area contributed by atoms with Crippen LogP contribution in [0.5, 0.6) is 11.5 Å². The molecule has 2 saturated heterocycles. The van der Waals surface area contributed by atoms with Gasteiger partial charge in [0.05, 0.1) is 31.5 Å². The van der Waals surface area contributed by atoms with E-state index >= 15 is 4.79 Å². The minimum atomic E-state index is -2.05. The molecular formula is C45H41N3O9. The number of carboxylic acids is 1. The summed E-state index contributed by atoms with van der Waals surface area (Å²) in [5.74, 6) is -3.62. The van der Waals surface area contributed by atoms with E-state index in [9.17, 15) is 24.6 Å². The third-order valence-electron chi connectivity index (χ3n) is 11.2. The summed E-state index contributed by atoms with van der Waals surface area (Å²) in [5.41, 5.74) is 1.79. The Morgan fingerprint density at radius 1 is 0.789 bits per heavy atom. The number of carbonyl (C=O) groups is 4. The van der Waals surface area contributed by atoms with Gasteiger partial charge in [0.1, 0.15) is 41.6 Å². The van der Waals surface area contributed by atoms with Gasteiger partial charge in [-0.1, -0.05) is 91.0 Å². The highest BCUT2D eigenvalue weighted by Crippen LogP contribution is 2.66. The zero-order valence-corrected chi connectivity index (χ0v) is 31.3. The average molecular weight is 768 g/mol. The van der Waals surface area contributed by atoms with Crippen molar-refractivity contribution in [3.05, 3.63) is 150 Å². The summed E-state index contributed by atoms with van der Waals surface area (Å²) in [6, 6.07) is 33.9. The van der Waals surface area contributed by atoms with Gasteiger partial charge in [0.15, 0.2) is 0 Å². The SMILES string of the molecule is CCNC(=O)N1C(=O)[C@@]2(c3cc(-c4ccc(OC)cc4)ccc31)[C@H](c1ccc(OCCO)cc1)N1[C@H](c3ccccc3)[C@H](c3ccccc3)OC(=O)[C@H]1[C@@H]2C(=O)O. The lowest BCUT2D eigenvalue weighted by atomic mass is 9.65. The number of hydrogen-bond donors (Lipinski definition) is 3. The van der Waals surface area contributed by atoms with Crippen LogP contribution in [0.25, 0.3) is 11.1 Å². The number of nitrogens with one attached hydrogen (secondary N) is 1. The Labute approximate surface area is 329 Å². The summed E-state index contributed by atoms with van der Waals surface area (Å²) in [6.45, 7) is 1.77. The Morgan fingerprint density at radius 2 is 1.42 bits per heavy atom. The quantitative estimate of drug-likeness (QED) is 0.140. The summed E-state index contributed by atoms with van der Waals surface area (Å²) < 4.78 is 17.4. The number of amides is 3. The number of hydrogen-bond acceptors (Lipinski definition) is 9. The second-order valence-corrected chi connectivity index (χ2v) is 14.2. The molecule has 0 unspecified atom stereocenters. The summed E-state index contributed by atoms with van der Waals surface area (Å²) in [4.78, 5) is 61.5. The number of fused-ring (bicyclic) bond motifs is 3. The smallest absolute Gasteiger partial charge is 0.328 e. The van der Waals surface area contributed by atoms with E-state index in [0.29, 0.717) is 28.2 Å². The van der Waals surface area contributed by atoms with Crippen LogP contribution in [0.2, 0.25) is 0 Å². The maximum absolute atomic E-state index is 15.7. The highest BCUT2D eigenvalue weighted by molar-refractivity contribution is 6.24. The number of rotatable bonds is 10. The van der Waals surface area contributed by atoms with E-state index in [4.69, 9.17) is 14.2 Å². The molecule has 0 radical (unpaired) electrons. The summed E-state index contributed by atoms with van der Waals surface area (Å²) >= 11 is 0. The first-order valence-electron chi connectivity index (χ1n) is 18.8. The number of aliphatic hydroxyl groups is 1. The van der Waals surface area contributed by atoms with Crippen molar-refractivity contribution in [2.75, 3.05) is 31.8 Å². The minimum Gasteiger partial charge on any atom is -0.497 e. The number of cyclic esters (lactones) is 1. The summed E-state index contributed by atoms with van der Waals surface area (Å²) in [7, 11) is 1.57. The summed E-state index contributed by atoms with van der Waals surface area (Å²) in [5, 5.41) is 23.7. The number of nitrogens with zero attached hydrogens (tertiary/aromatic N) is 2. The van der Waals surface area contributed by atoms with Crippen molar-refractivity contribution in [2.24, 2.45) is 5.92 Å². The molecular weight excluding hydrogens is 727 g/mol. The number of anilines is 1. The predicted octanol–water partition coefficient (Wildman–Crippen LogP) is 6.21. The number of urea groups is 1. The van der Waals surface area contributed by atoms with Gasteiger partial charge in [-0.15, -0.1) is 0 Å². The van der Waals surface area contributed by atoms with Crippen LogP contribution in [0.1, 0.15) is 47.4 Å². The maximum atomic E-state index is 15.7. The molecule has 3 heterocycles. The molecule has 3 aliphatic heterocycles. The van der Waals surface area contributed by atoms with E-state index in [1.807, 2.05) is 77.7 Å². The zero-order chi connectivity index (χ0) is 39.8. The lowest BCUT2D eigenvalue weighted by Gasteiger charge is -2.46. The number of carboxylic acid groups (broad SMARTS) is 1. The lowest BCUT2D eigenvalue weighted by Crippen LogP contribution is -2.54. The molecule has 12 nitrogen and oxygen atoms in total. The fourth-order valence-electron chi connectivity index (χ4n) is 8.99. The Morgan fingerprint density at radius 3 is 2.04 bits per heavy atom. The third-order valence-corrected chi connectivity index (χ3v) is 11.2. The molecule has 2 fully saturated rings. The third kappa shape index (κ3) is 6.08. The molecule has 6 atom stereocenters. The topological polar surface area (TPSA) is 155 Å². The monoisotopic (exact) mass is 767 g/mol. The fourth-order valence-corrected chi connectivity index (χ4v) is 8.99. The Bertz CT molecular complexity index is 2300. The van der Waals surface area contributed by atoms with Crippen molar-refractivity contribution in [3.63, 3.8) is 0 Å². The van der Waals surface area contributed by atoms with Crippen LogP contribution in [-0.4, -0.2) is 71.9 Å². The van der Waals surface area contributed by atoms with Crippen molar-refractivity contribution in [1.82, 2.24) is 10.2 Å². The predicted molar refractivity (Wildman–Crippen MR) is 210 cm³/mol. The number of methoxy groups -OCH3 is 1. The van der Waals surface area contributed by atoms with Gasteiger partial charge < -0.3 is 29.7 Å². The van der Waals surface area contributed by atoms with Gasteiger partial charge in [-0.05, 0) is 76.7 Å². The van der Waals surface area contributed by atoms with E-state index in [-0.39, 0.29) is 31.0 Å². The van der Waals surface area contributed by atoms with Crippen LogP contribution >= 0.6 is 0 Å². The molecule has 3 amide bonds. The van der Waals surface area contributed by atoms with Crippen LogP contribution < -0.4 is 19.7 Å². The fraction of sp³-hybridized carbons (Fsp3) is 0.244. The minimum absolute atomic E-state index is 0.0458. The van der Waals surface area contributed by atoms with Crippen molar-refractivity contribution < 1.29 is 43.6 Å². The Hall–Kier alpha value is -6.50. The maximum Gasteiger partial charge on any atom is 0.328 e. The Balaban J connectivity index is 1.45. The molecule has 1 spiro atoms. The van der Waals surface area contributed by atoms with Crippen LogP contribution in [-0.2, 0) is 24.5 Å². The second-order valence-electron chi connectivity index (χ2n) is 14.2. The van der Waals surface area contributed by atoms with Gasteiger partial charge in [-0.2, -0.15) is 0 Å². The van der Waals surface area contributed by atoms with E-state index in [1.54, 1.807) is 68.6 Å². The lowest BCUT2D eigenvalue weighted by molar-refractivity contribution is -0.179. The van der Waals surface area contributed by atoms with Gasteiger partial charge in [-0.25, -0.2) is 9.69 Å². The van der Waals surface area contributed by atoms with Crippen LogP contribution in [0.4, 0.5) is 10.5 Å². The number of ether oxygens (including phenoxy) is 3. The highest BCUT2D eigenvalue weighted by atomic mass is 16.6. The number of imide groups is 1. The number of carbonyl (C=O) groups excluding carboxylic acids is 3. The first-order valence-corrected chi connectivity index (χ1v) is 18.8. The largest absolute Gasteiger partial charge is 0.497 e. The molecule has 3 aliphatic rings. The number of morpholine rings is 1. The van der Waals surface area contributed by atoms with E-state index < -0.39 is 59.4 Å². The average Bonchev–Trinajstić information content (AvgIpc) is 3.70. The molecule has 0 bridgehead atoms. The van der Waals surface area contributed by atoms with E-state index in [2.05, 4.69) is 5.32 Å². The number of benzene rings is 5. The first kappa shape index (κ1) is 37.4. The van der Waals surface area contributed by atoms with Crippen LogP contribution in [0.15, 0.2) is 127 Å². The number of esters is 1. The normalized spacial score (nSPS) is 23.8. The van der Waals surface area contributed by atoms with Gasteiger partial charge >= 0.3 is 18.0 Å². The molecule has 57 heavy (non-hydrogen) atoms. The van der Waals surface area contributed by atoms with Crippen LogP contribution in [0, 0.1) is 5.92 Å². The molecule has 5 aromatic rings. The van der Waals surface area contributed by atoms with E-state index in [0.717, 1.165) is 16.0 Å². The first-order chi connectivity index (χ1) is 27.7.